The second kappa shape index (κ2) is 5.90. The second-order valence-corrected chi connectivity index (χ2v) is 4.01. The largest absolute Gasteiger partial charge is 0.351 e. The van der Waals surface area contributed by atoms with Gasteiger partial charge in [-0.15, -0.1) is 0 Å². The van der Waals surface area contributed by atoms with Gasteiger partial charge in [-0.25, -0.2) is 4.79 Å². The number of primary amides is 1. The third kappa shape index (κ3) is 4.21. The molecule has 13 heavy (non-hydrogen) atoms. The zero-order chi connectivity index (χ0) is 9.78. The van der Waals surface area contributed by atoms with E-state index >= 15 is 0 Å². The van der Waals surface area contributed by atoms with E-state index in [1.54, 1.807) is 0 Å². The summed E-state index contributed by atoms with van der Waals surface area (Å²) in [6.07, 6.45) is 1.23. The zero-order valence-corrected chi connectivity index (χ0v) is 9.18. The molecule has 0 atom stereocenters. The standard InChI is InChI=1S/C7H13BrN2O2.FH/c1-3-7(8,4-2)5(11)10-6(9)12;/h3-4H2,1-2H3,(H3,9,10,11,12);1H. The average molecular weight is 257 g/mol. The van der Waals surface area contributed by atoms with Gasteiger partial charge in [-0.3, -0.25) is 14.8 Å². The van der Waals surface area contributed by atoms with Crippen molar-refractivity contribution in [2.75, 3.05) is 0 Å². The van der Waals surface area contributed by atoms with Crippen molar-refractivity contribution in [2.24, 2.45) is 5.73 Å². The molecule has 0 aromatic heterocycles. The SMILES string of the molecule is CCC(Br)(CC)C(=O)NC(N)=O.F. The minimum atomic E-state index is -0.814. The van der Waals surface area contributed by atoms with Crippen LogP contribution in [0.15, 0.2) is 0 Å². The lowest BCUT2D eigenvalue weighted by molar-refractivity contribution is -0.122. The number of nitrogens with one attached hydrogen (secondary N) is 1. The van der Waals surface area contributed by atoms with E-state index < -0.39 is 10.4 Å². The summed E-state index contributed by atoms with van der Waals surface area (Å²) in [7, 11) is 0. The van der Waals surface area contributed by atoms with Gasteiger partial charge in [0.05, 0.1) is 0 Å². The first-order chi connectivity index (χ1) is 5.46. The molecule has 0 aromatic rings. The number of hydrogen-bond donors (Lipinski definition) is 2. The number of imide groups is 1. The molecule has 78 valence electrons. The highest BCUT2D eigenvalue weighted by molar-refractivity contribution is 9.10. The van der Waals surface area contributed by atoms with Gasteiger partial charge in [0, 0.05) is 0 Å². The van der Waals surface area contributed by atoms with Gasteiger partial charge in [0.1, 0.15) is 4.32 Å². The maximum absolute atomic E-state index is 11.3. The number of carbonyl (C=O) groups is 2. The predicted octanol–water partition coefficient (Wildman–Crippen LogP) is 1.29. The summed E-state index contributed by atoms with van der Waals surface area (Å²) in [6.45, 7) is 3.72. The summed E-state index contributed by atoms with van der Waals surface area (Å²) in [4.78, 5) is 21.6. The van der Waals surface area contributed by atoms with Crippen LogP contribution in [0, 0.1) is 0 Å². The van der Waals surface area contributed by atoms with Crippen molar-refractivity contribution >= 4 is 27.9 Å². The number of amides is 3. The Kier molecular flexibility index (Phi) is 6.75. The van der Waals surface area contributed by atoms with Crippen molar-refractivity contribution in [3.63, 3.8) is 0 Å². The van der Waals surface area contributed by atoms with E-state index in [2.05, 4.69) is 15.9 Å². The topological polar surface area (TPSA) is 72.2 Å². The maximum atomic E-state index is 11.3. The highest BCUT2D eigenvalue weighted by Gasteiger charge is 2.32. The van der Waals surface area contributed by atoms with Crippen LogP contribution in [0.5, 0.6) is 0 Å². The minimum Gasteiger partial charge on any atom is -0.351 e. The molecular formula is C7H14BrFN2O2. The van der Waals surface area contributed by atoms with Crippen LogP contribution in [0.4, 0.5) is 9.50 Å². The third-order valence-electron chi connectivity index (χ3n) is 1.76. The van der Waals surface area contributed by atoms with Gasteiger partial charge < -0.3 is 5.73 Å². The summed E-state index contributed by atoms with van der Waals surface area (Å²) >= 11 is 3.26. The molecule has 6 heteroatoms. The first-order valence-electron chi connectivity index (χ1n) is 3.76. The number of carbonyl (C=O) groups excluding carboxylic acids is 2. The summed E-state index contributed by atoms with van der Waals surface area (Å²) in [6, 6.07) is -0.814. The summed E-state index contributed by atoms with van der Waals surface area (Å²) in [5.74, 6) is -0.375. The van der Waals surface area contributed by atoms with E-state index in [1.807, 2.05) is 19.2 Å². The van der Waals surface area contributed by atoms with Crippen LogP contribution in [0.25, 0.3) is 0 Å². The third-order valence-corrected chi connectivity index (χ3v) is 3.25. The van der Waals surface area contributed by atoms with Crippen LogP contribution in [0.1, 0.15) is 26.7 Å². The molecule has 0 fully saturated rings. The molecule has 0 heterocycles. The molecule has 0 saturated heterocycles. The molecule has 0 unspecified atom stereocenters. The Hall–Kier alpha value is -0.650. The van der Waals surface area contributed by atoms with Crippen LogP contribution < -0.4 is 11.1 Å². The predicted molar refractivity (Wildman–Crippen MR) is 52.5 cm³/mol. The fourth-order valence-corrected chi connectivity index (χ4v) is 0.894. The molecule has 0 aliphatic heterocycles. The summed E-state index contributed by atoms with van der Waals surface area (Å²) in [5.41, 5.74) is 4.81. The lowest BCUT2D eigenvalue weighted by atomic mass is 10.0. The number of halogens is 2. The highest BCUT2D eigenvalue weighted by atomic mass is 79.9. The van der Waals surface area contributed by atoms with Crippen LogP contribution in [-0.4, -0.2) is 16.3 Å². The fourth-order valence-electron chi connectivity index (χ4n) is 0.795. The van der Waals surface area contributed by atoms with Crippen LogP contribution >= 0.6 is 15.9 Å². The van der Waals surface area contributed by atoms with E-state index in [9.17, 15) is 9.59 Å². The Labute approximate surface area is 84.7 Å². The number of rotatable bonds is 3. The second-order valence-electron chi connectivity index (χ2n) is 2.49. The van der Waals surface area contributed by atoms with Gasteiger partial charge in [0.15, 0.2) is 0 Å². The lowest BCUT2D eigenvalue weighted by Crippen LogP contribution is -2.46. The molecule has 3 N–H and O–H groups in total. The molecule has 0 rings (SSSR count). The van der Waals surface area contributed by atoms with Crippen LogP contribution in [0.2, 0.25) is 0 Å². The molecule has 0 aromatic carbocycles. The Morgan fingerprint density at radius 1 is 1.38 bits per heavy atom. The number of urea groups is 1. The lowest BCUT2D eigenvalue weighted by Gasteiger charge is -2.21. The Balaban J connectivity index is 0. The van der Waals surface area contributed by atoms with Crippen LogP contribution in [0.3, 0.4) is 0 Å². The first kappa shape index (κ1) is 14.9. The smallest absolute Gasteiger partial charge is 0.318 e. The molecule has 4 nitrogen and oxygen atoms in total. The van der Waals surface area contributed by atoms with Crippen molar-refractivity contribution in [1.82, 2.24) is 5.32 Å². The summed E-state index contributed by atoms with van der Waals surface area (Å²) in [5, 5.41) is 2.04. The molecule has 0 saturated carbocycles. The summed E-state index contributed by atoms with van der Waals surface area (Å²) < 4.78 is -0.665. The van der Waals surface area contributed by atoms with Crippen molar-refractivity contribution in [1.29, 1.82) is 0 Å². The van der Waals surface area contributed by atoms with E-state index in [0.29, 0.717) is 12.8 Å². The van der Waals surface area contributed by atoms with Crippen LogP contribution in [-0.2, 0) is 4.79 Å². The minimum absolute atomic E-state index is 0. The van der Waals surface area contributed by atoms with Gasteiger partial charge in [0.2, 0.25) is 5.91 Å². The van der Waals surface area contributed by atoms with Gasteiger partial charge in [0.25, 0.3) is 0 Å². The van der Waals surface area contributed by atoms with Crippen molar-refractivity contribution < 1.29 is 14.3 Å². The Morgan fingerprint density at radius 2 is 1.77 bits per heavy atom. The normalized spacial score (nSPS) is 10.1. The van der Waals surface area contributed by atoms with Gasteiger partial charge >= 0.3 is 6.03 Å². The maximum Gasteiger partial charge on any atom is 0.318 e. The molecule has 0 radical (unpaired) electrons. The van der Waals surface area contributed by atoms with Gasteiger partial charge in [-0.2, -0.15) is 0 Å². The molecular weight excluding hydrogens is 243 g/mol. The van der Waals surface area contributed by atoms with Crippen molar-refractivity contribution in [3.8, 4) is 0 Å². The van der Waals surface area contributed by atoms with E-state index in [0.717, 1.165) is 0 Å². The van der Waals surface area contributed by atoms with E-state index in [-0.39, 0.29) is 10.6 Å². The van der Waals surface area contributed by atoms with E-state index in [4.69, 9.17) is 5.73 Å². The number of hydrogen-bond acceptors (Lipinski definition) is 2. The molecule has 0 bridgehead atoms. The quantitative estimate of drug-likeness (QED) is 0.747. The van der Waals surface area contributed by atoms with Crippen molar-refractivity contribution in [2.45, 2.75) is 31.0 Å². The number of alkyl halides is 1. The highest BCUT2D eigenvalue weighted by Crippen LogP contribution is 2.26. The van der Waals surface area contributed by atoms with Crippen molar-refractivity contribution in [3.05, 3.63) is 0 Å². The van der Waals surface area contributed by atoms with Gasteiger partial charge in [-0.1, -0.05) is 29.8 Å². The molecule has 0 aliphatic rings. The van der Waals surface area contributed by atoms with E-state index in [1.165, 1.54) is 0 Å². The molecule has 0 aliphatic carbocycles. The average Bonchev–Trinajstić information content (AvgIpc) is 2.02. The first-order valence-corrected chi connectivity index (χ1v) is 4.55. The fraction of sp³-hybridized carbons (Fsp3) is 0.714. The Bertz CT molecular complexity index is 195. The monoisotopic (exact) mass is 256 g/mol. The molecule has 0 spiro atoms. The zero-order valence-electron chi connectivity index (χ0n) is 7.59. The number of nitrogens with two attached hydrogens (primary N) is 1. The molecule has 3 amide bonds. The Morgan fingerprint density at radius 3 is 2.00 bits per heavy atom. The van der Waals surface area contributed by atoms with Gasteiger partial charge in [-0.05, 0) is 12.8 Å².